The Morgan fingerprint density at radius 1 is 1.21 bits per heavy atom. The molecule has 128 valence electrons. The van der Waals surface area contributed by atoms with E-state index in [1.165, 1.54) is 0 Å². The Morgan fingerprint density at radius 3 is 2.62 bits per heavy atom. The van der Waals surface area contributed by atoms with Crippen molar-refractivity contribution < 1.29 is 14.6 Å². The van der Waals surface area contributed by atoms with Crippen LogP contribution in [0.5, 0.6) is 5.75 Å². The fourth-order valence-corrected chi connectivity index (χ4v) is 2.53. The maximum atomic E-state index is 12.2. The zero-order valence-electron chi connectivity index (χ0n) is 14.1. The second-order valence-corrected chi connectivity index (χ2v) is 5.61. The van der Waals surface area contributed by atoms with Gasteiger partial charge < -0.3 is 20.5 Å². The van der Waals surface area contributed by atoms with Gasteiger partial charge in [-0.05, 0) is 36.6 Å². The summed E-state index contributed by atoms with van der Waals surface area (Å²) in [5.41, 5.74) is 2.75. The van der Waals surface area contributed by atoms with Crippen molar-refractivity contribution in [3.63, 3.8) is 0 Å². The number of carbonyl (C=O) groups is 1. The Balaban J connectivity index is 1.98. The first-order chi connectivity index (χ1) is 11.6. The lowest BCUT2D eigenvalue weighted by Crippen LogP contribution is -2.32. The highest BCUT2D eigenvalue weighted by Crippen LogP contribution is 2.25. The topological polar surface area (TPSA) is 70.6 Å². The average Bonchev–Trinajstić information content (AvgIpc) is 2.59. The number of benzene rings is 2. The molecule has 24 heavy (non-hydrogen) atoms. The third-order valence-corrected chi connectivity index (χ3v) is 3.76. The van der Waals surface area contributed by atoms with E-state index in [2.05, 4.69) is 10.6 Å². The second kappa shape index (κ2) is 9.05. The molecular weight excluding hydrogens is 304 g/mol. The number of rotatable bonds is 8. The zero-order chi connectivity index (χ0) is 17.4. The number of hydrogen-bond donors (Lipinski definition) is 3. The first-order valence-electron chi connectivity index (χ1n) is 7.97. The van der Waals surface area contributed by atoms with Crippen molar-refractivity contribution >= 4 is 11.6 Å². The van der Waals surface area contributed by atoms with E-state index in [1.807, 2.05) is 55.5 Å². The predicted molar refractivity (Wildman–Crippen MR) is 95.2 cm³/mol. The molecule has 5 nitrogen and oxygen atoms in total. The van der Waals surface area contributed by atoms with Crippen molar-refractivity contribution in [2.45, 2.75) is 19.4 Å². The van der Waals surface area contributed by atoms with Gasteiger partial charge >= 0.3 is 0 Å². The van der Waals surface area contributed by atoms with Crippen LogP contribution < -0.4 is 15.4 Å². The predicted octanol–water partition coefficient (Wildman–Crippen LogP) is 2.66. The van der Waals surface area contributed by atoms with Crippen molar-refractivity contribution in [1.82, 2.24) is 5.32 Å². The fourth-order valence-electron chi connectivity index (χ4n) is 2.53. The summed E-state index contributed by atoms with van der Waals surface area (Å²) in [7, 11) is 1.57. The van der Waals surface area contributed by atoms with Crippen LogP contribution in [0.15, 0.2) is 48.5 Å². The number of aliphatic hydroxyl groups is 1. The minimum Gasteiger partial charge on any atom is -0.495 e. The maximum absolute atomic E-state index is 12.2. The molecule has 0 aliphatic heterocycles. The number of amides is 1. The van der Waals surface area contributed by atoms with Crippen LogP contribution in [0.25, 0.3) is 0 Å². The molecule has 2 rings (SSSR count). The monoisotopic (exact) mass is 328 g/mol. The highest BCUT2D eigenvalue weighted by atomic mass is 16.5. The largest absolute Gasteiger partial charge is 0.495 e. The van der Waals surface area contributed by atoms with E-state index in [0.29, 0.717) is 17.9 Å². The minimum absolute atomic E-state index is 0.0554. The SMILES string of the molecule is COc1ccc(C)cc1NC(=O)CNC(CCO)c1ccccc1. The molecule has 0 spiro atoms. The molecule has 5 heteroatoms. The van der Waals surface area contributed by atoms with Crippen LogP contribution in [0.1, 0.15) is 23.6 Å². The summed E-state index contributed by atoms with van der Waals surface area (Å²) in [5, 5.41) is 15.3. The Kier molecular flexibility index (Phi) is 6.78. The number of methoxy groups -OCH3 is 1. The number of carbonyl (C=O) groups excluding carboxylic acids is 1. The van der Waals surface area contributed by atoms with E-state index in [9.17, 15) is 9.90 Å². The standard InChI is InChI=1S/C19H24N2O3/c1-14-8-9-18(24-2)17(12-14)21-19(23)13-20-16(10-11-22)15-6-4-3-5-7-15/h3-9,12,16,20,22H,10-11,13H2,1-2H3,(H,21,23). The number of aryl methyl sites for hydroxylation is 1. The molecule has 1 atom stereocenters. The van der Waals surface area contributed by atoms with Gasteiger partial charge in [0.1, 0.15) is 5.75 Å². The molecule has 0 fully saturated rings. The minimum atomic E-state index is -0.155. The Labute approximate surface area is 142 Å². The van der Waals surface area contributed by atoms with Crippen molar-refractivity contribution in [1.29, 1.82) is 0 Å². The highest BCUT2D eigenvalue weighted by molar-refractivity contribution is 5.93. The summed E-state index contributed by atoms with van der Waals surface area (Å²) in [6, 6.07) is 15.4. The Morgan fingerprint density at radius 2 is 1.96 bits per heavy atom. The number of anilines is 1. The number of aliphatic hydroxyl groups excluding tert-OH is 1. The smallest absolute Gasteiger partial charge is 0.238 e. The lowest BCUT2D eigenvalue weighted by Gasteiger charge is -2.18. The molecule has 0 saturated heterocycles. The Hall–Kier alpha value is -2.37. The van der Waals surface area contributed by atoms with Gasteiger partial charge in [-0.2, -0.15) is 0 Å². The molecular formula is C19H24N2O3. The summed E-state index contributed by atoms with van der Waals surface area (Å²) in [4.78, 5) is 12.2. The van der Waals surface area contributed by atoms with Crippen LogP contribution in [0.4, 0.5) is 5.69 Å². The average molecular weight is 328 g/mol. The van der Waals surface area contributed by atoms with Gasteiger partial charge in [0.15, 0.2) is 0 Å². The second-order valence-electron chi connectivity index (χ2n) is 5.61. The molecule has 3 N–H and O–H groups in total. The van der Waals surface area contributed by atoms with Crippen LogP contribution in [-0.2, 0) is 4.79 Å². The van der Waals surface area contributed by atoms with Crippen LogP contribution in [0.3, 0.4) is 0 Å². The summed E-state index contributed by atoms with van der Waals surface area (Å²) in [5.74, 6) is 0.474. The van der Waals surface area contributed by atoms with Gasteiger partial charge in [0.25, 0.3) is 0 Å². The number of ether oxygens (including phenoxy) is 1. The van der Waals surface area contributed by atoms with Crippen molar-refractivity contribution in [3.05, 3.63) is 59.7 Å². The molecule has 0 aromatic heterocycles. The number of hydrogen-bond acceptors (Lipinski definition) is 4. The van der Waals surface area contributed by atoms with Gasteiger partial charge in [0, 0.05) is 12.6 Å². The van der Waals surface area contributed by atoms with E-state index in [1.54, 1.807) is 7.11 Å². The van der Waals surface area contributed by atoms with Gasteiger partial charge in [0.2, 0.25) is 5.91 Å². The number of nitrogens with one attached hydrogen (secondary N) is 2. The summed E-state index contributed by atoms with van der Waals surface area (Å²) < 4.78 is 5.27. The van der Waals surface area contributed by atoms with Gasteiger partial charge in [-0.15, -0.1) is 0 Å². The van der Waals surface area contributed by atoms with Crippen LogP contribution in [-0.4, -0.2) is 31.3 Å². The summed E-state index contributed by atoms with van der Waals surface area (Å²) >= 11 is 0. The van der Waals surface area contributed by atoms with Crippen molar-refractivity contribution in [2.75, 3.05) is 25.6 Å². The van der Waals surface area contributed by atoms with Gasteiger partial charge in [-0.25, -0.2) is 0 Å². The van der Waals surface area contributed by atoms with E-state index in [4.69, 9.17) is 4.74 Å². The van der Waals surface area contributed by atoms with Crippen LogP contribution in [0.2, 0.25) is 0 Å². The van der Waals surface area contributed by atoms with E-state index in [0.717, 1.165) is 11.1 Å². The molecule has 2 aromatic rings. The summed E-state index contributed by atoms with van der Waals surface area (Å²) in [6.45, 7) is 2.16. The van der Waals surface area contributed by atoms with Gasteiger partial charge in [-0.3, -0.25) is 4.79 Å². The molecule has 0 bridgehead atoms. The first-order valence-corrected chi connectivity index (χ1v) is 7.97. The maximum Gasteiger partial charge on any atom is 0.238 e. The van der Waals surface area contributed by atoms with Crippen LogP contribution >= 0.6 is 0 Å². The van der Waals surface area contributed by atoms with E-state index in [-0.39, 0.29) is 25.1 Å². The third kappa shape index (κ3) is 5.08. The fraction of sp³-hybridized carbons (Fsp3) is 0.316. The lowest BCUT2D eigenvalue weighted by atomic mass is 10.0. The Bertz CT molecular complexity index is 659. The van der Waals surface area contributed by atoms with E-state index < -0.39 is 0 Å². The first kappa shape index (κ1) is 18.0. The van der Waals surface area contributed by atoms with Crippen molar-refractivity contribution in [2.24, 2.45) is 0 Å². The molecule has 0 aliphatic carbocycles. The van der Waals surface area contributed by atoms with E-state index >= 15 is 0 Å². The van der Waals surface area contributed by atoms with Gasteiger partial charge in [-0.1, -0.05) is 36.4 Å². The molecule has 1 amide bonds. The highest BCUT2D eigenvalue weighted by Gasteiger charge is 2.13. The molecule has 1 unspecified atom stereocenters. The molecule has 0 heterocycles. The van der Waals surface area contributed by atoms with Gasteiger partial charge in [0.05, 0.1) is 19.3 Å². The lowest BCUT2D eigenvalue weighted by molar-refractivity contribution is -0.115. The third-order valence-electron chi connectivity index (χ3n) is 3.76. The molecule has 0 radical (unpaired) electrons. The molecule has 2 aromatic carbocycles. The quantitative estimate of drug-likeness (QED) is 0.697. The summed E-state index contributed by atoms with van der Waals surface area (Å²) in [6.07, 6.45) is 0.547. The molecule has 0 saturated carbocycles. The zero-order valence-corrected chi connectivity index (χ0v) is 14.1. The van der Waals surface area contributed by atoms with Crippen LogP contribution in [0, 0.1) is 6.92 Å². The molecule has 0 aliphatic rings. The van der Waals surface area contributed by atoms with Crippen molar-refractivity contribution in [3.8, 4) is 5.75 Å². The normalized spacial score (nSPS) is 11.8.